The molecule has 1 spiro atoms. The van der Waals surface area contributed by atoms with Gasteiger partial charge in [0, 0.05) is 22.5 Å². The summed E-state index contributed by atoms with van der Waals surface area (Å²) in [6, 6.07) is 87.5. The zero-order valence-corrected chi connectivity index (χ0v) is 44.7. The van der Waals surface area contributed by atoms with Crippen molar-refractivity contribution in [2.24, 2.45) is 10.8 Å². The number of hydrogen-bond donors (Lipinski definition) is 0. The Morgan fingerprint density at radius 1 is 0.333 bits per heavy atom. The molecule has 1 nitrogen and oxygen atoms in total. The van der Waals surface area contributed by atoms with Crippen LogP contribution in [0.2, 0.25) is 0 Å². The summed E-state index contributed by atoms with van der Waals surface area (Å²) < 4.78 is 0. The molecule has 0 aliphatic heterocycles. The summed E-state index contributed by atoms with van der Waals surface area (Å²) in [6.07, 6.45) is 1.12. The average Bonchev–Trinajstić information content (AvgIpc) is 4.08. The van der Waals surface area contributed by atoms with Gasteiger partial charge in [0.2, 0.25) is 0 Å². The molecule has 0 fully saturated rings. The van der Waals surface area contributed by atoms with Crippen LogP contribution < -0.4 is 4.90 Å². The van der Waals surface area contributed by atoms with Gasteiger partial charge in [-0.1, -0.05) is 237 Å². The van der Waals surface area contributed by atoms with Gasteiger partial charge in [0.25, 0.3) is 0 Å². The standard InChI is InChI=1S/C74H65N/c1-71(2,3)47-70(72(4,5)6)54-22-18-21-51(43-54)53-33-40-61-58-23-13-16-27-66(58)74(68(61)45-53)67-28-17-14-24-59(67)62-41-39-57(46-69(62)74)75(55-35-29-49(30-36-55)48-19-10-9-11-20-48)56-37-31-50(32-38-56)52-34-42-65-63(44-52)60-25-12-15-26-64(60)73(65,7)8/h9-46,70H,47H2,1-8H3. The lowest BCUT2D eigenvalue weighted by molar-refractivity contribution is 0.229. The molecule has 0 heterocycles. The number of fused-ring (bicyclic) bond motifs is 13. The Bertz CT molecular complexity index is 3830. The minimum Gasteiger partial charge on any atom is -0.310 e. The van der Waals surface area contributed by atoms with Crippen molar-refractivity contribution in [3.05, 3.63) is 269 Å². The summed E-state index contributed by atoms with van der Waals surface area (Å²) in [5.41, 5.74) is 27.9. The second-order valence-corrected chi connectivity index (χ2v) is 24.4. The molecule has 10 aromatic carbocycles. The smallest absolute Gasteiger partial charge is 0.0726 e. The molecule has 0 bridgehead atoms. The third-order valence-corrected chi connectivity index (χ3v) is 17.1. The fraction of sp³-hybridized carbons (Fsp3) is 0.189. The van der Waals surface area contributed by atoms with Gasteiger partial charge in [-0.15, -0.1) is 0 Å². The fourth-order valence-corrected chi connectivity index (χ4v) is 13.5. The van der Waals surface area contributed by atoms with Crippen LogP contribution in [0.25, 0.3) is 66.8 Å². The van der Waals surface area contributed by atoms with Crippen LogP contribution in [0, 0.1) is 10.8 Å². The quantitative estimate of drug-likeness (QED) is 0.147. The monoisotopic (exact) mass is 968 g/mol. The molecule has 0 amide bonds. The van der Waals surface area contributed by atoms with Gasteiger partial charge in [0.05, 0.1) is 5.41 Å². The lowest BCUT2D eigenvalue weighted by Crippen LogP contribution is -2.26. The van der Waals surface area contributed by atoms with Gasteiger partial charge in [-0.05, 0) is 177 Å². The largest absolute Gasteiger partial charge is 0.310 e. The van der Waals surface area contributed by atoms with Crippen molar-refractivity contribution in [1.82, 2.24) is 0 Å². The highest BCUT2D eigenvalue weighted by Crippen LogP contribution is 2.64. The molecule has 3 aliphatic carbocycles. The first-order chi connectivity index (χ1) is 36.2. The van der Waals surface area contributed by atoms with Gasteiger partial charge in [0.15, 0.2) is 0 Å². The predicted molar refractivity (Wildman–Crippen MR) is 318 cm³/mol. The normalized spacial score (nSPS) is 15.9. The topological polar surface area (TPSA) is 3.24 Å². The number of rotatable bonds is 8. The molecule has 75 heavy (non-hydrogen) atoms. The summed E-state index contributed by atoms with van der Waals surface area (Å²) in [7, 11) is 0. The Kier molecular flexibility index (Phi) is 10.8. The van der Waals surface area contributed by atoms with Crippen LogP contribution in [0.4, 0.5) is 17.1 Å². The van der Waals surface area contributed by atoms with Crippen LogP contribution in [0.3, 0.4) is 0 Å². The van der Waals surface area contributed by atoms with Gasteiger partial charge in [0.1, 0.15) is 0 Å². The molecular formula is C74H65N. The first-order valence-electron chi connectivity index (χ1n) is 27.1. The Morgan fingerprint density at radius 3 is 1.37 bits per heavy atom. The Morgan fingerprint density at radius 2 is 0.760 bits per heavy atom. The van der Waals surface area contributed by atoms with E-state index in [1.54, 1.807) is 0 Å². The SMILES string of the molecule is CC(C)(C)CC(c1cccc(-c2ccc3c(c2)C2(c4ccccc4-3)c3ccccc3-c3ccc(N(c4ccc(-c5ccccc5)cc4)c4ccc(-c5ccc6c(c5)-c5ccccc5C6(C)C)cc4)cc32)c1)C(C)(C)C. The molecule has 0 radical (unpaired) electrons. The Labute approximate surface area is 445 Å². The summed E-state index contributed by atoms with van der Waals surface area (Å²) in [5, 5.41) is 0. The molecule has 13 rings (SSSR count). The first kappa shape index (κ1) is 46.8. The van der Waals surface area contributed by atoms with Crippen molar-refractivity contribution in [2.45, 2.75) is 78.6 Å². The van der Waals surface area contributed by atoms with Crippen molar-refractivity contribution in [2.75, 3.05) is 4.90 Å². The molecule has 0 N–H and O–H groups in total. The van der Waals surface area contributed by atoms with Crippen LogP contribution in [0.5, 0.6) is 0 Å². The summed E-state index contributed by atoms with van der Waals surface area (Å²) in [6.45, 7) is 19.0. The van der Waals surface area contributed by atoms with Gasteiger partial charge >= 0.3 is 0 Å². The molecule has 0 saturated heterocycles. The van der Waals surface area contributed by atoms with Gasteiger partial charge < -0.3 is 4.90 Å². The molecule has 2 atom stereocenters. The molecule has 0 aromatic heterocycles. The van der Waals surface area contributed by atoms with Gasteiger partial charge in [-0.25, -0.2) is 0 Å². The van der Waals surface area contributed by atoms with E-state index in [0.29, 0.717) is 5.92 Å². The van der Waals surface area contributed by atoms with Crippen molar-refractivity contribution < 1.29 is 0 Å². The molecule has 10 aromatic rings. The van der Waals surface area contributed by atoms with E-state index >= 15 is 0 Å². The Balaban J connectivity index is 0.967. The lowest BCUT2D eigenvalue weighted by Gasteiger charge is -2.36. The van der Waals surface area contributed by atoms with E-state index in [-0.39, 0.29) is 16.2 Å². The van der Waals surface area contributed by atoms with E-state index in [2.05, 4.69) is 291 Å². The molecule has 0 saturated carbocycles. The maximum Gasteiger partial charge on any atom is 0.0726 e. The first-order valence-corrected chi connectivity index (χ1v) is 27.1. The molecule has 3 aliphatic rings. The van der Waals surface area contributed by atoms with E-state index in [4.69, 9.17) is 0 Å². The maximum absolute atomic E-state index is 2.54. The second-order valence-electron chi connectivity index (χ2n) is 24.4. The van der Waals surface area contributed by atoms with E-state index in [1.165, 1.54) is 106 Å². The number of nitrogens with zero attached hydrogens (tertiary/aromatic N) is 1. The number of anilines is 3. The second kappa shape index (κ2) is 17.3. The molecule has 1 heteroatoms. The van der Waals surface area contributed by atoms with Crippen molar-refractivity contribution in [1.29, 1.82) is 0 Å². The van der Waals surface area contributed by atoms with Gasteiger partial charge in [-0.2, -0.15) is 0 Å². The third-order valence-electron chi connectivity index (χ3n) is 17.1. The van der Waals surface area contributed by atoms with Crippen molar-refractivity contribution in [3.8, 4) is 66.8 Å². The third kappa shape index (κ3) is 7.57. The minimum atomic E-state index is -0.533. The van der Waals surface area contributed by atoms with E-state index in [9.17, 15) is 0 Å². The highest BCUT2D eigenvalue weighted by Gasteiger charge is 2.52. The molecule has 366 valence electrons. The number of hydrogen-bond acceptors (Lipinski definition) is 1. The highest BCUT2D eigenvalue weighted by atomic mass is 15.1. The summed E-state index contributed by atoms with van der Waals surface area (Å²) in [4.78, 5) is 2.46. The van der Waals surface area contributed by atoms with Crippen molar-refractivity contribution in [3.63, 3.8) is 0 Å². The van der Waals surface area contributed by atoms with Crippen molar-refractivity contribution >= 4 is 17.1 Å². The van der Waals surface area contributed by atoms with Crippen LogP contribution in [-0.2, 0) is 10.8 Å². The summed E-state index contributed by atoms with van der Waals surface area (Å²) in [5.74, 6) is 0.424. The Hall–Kier alpha value is -8.00. The van der Waals surface area contributed by atoms with Crippen LogP contribution in [0.15, 0.2) is 231 Å². The molecular weight excluding hydrogens is 903 g/mol. The van der Waals surface area contributed by atoms with Crippen LogP contribution in [-0.4, -0.2) is 0 Å². The maximum atomic E-state index is 2.54. The predicted octanol–water partition coefficient (Wildman–Crippen LogP) is 20.4. The zero-order chi connectivity index (χ0) is 51.4. The lowest BCUT2D eigenvalue weighted by atomic mass is 9.68. The number of benzene rings is 10. The van der Waals surface area contributed by atoms with E-state index in [0.717, 1.165) is 23.5 Å². The zero-order valence-electron chi connectivity index (χ0n) is 44.7. The summed E-state index contributed by atoms with van der Waals surface area (Å²) >= 11 is 0. The molecule has 2 unspecified atom stereocenters. The van der Waals surface area contributed by atoms with Gasteiger partial charge in [-0.3, -0.25) is 0 Å². The van der Waals surface area contributed by atoms with E-state index in [1.807, 2.05) is 0 Å². The fourth-order valence-electron chi connectivity index (χ4n) is 13.5. The van der Waals surface area contributed by atoms with Crippen LogP contribution in [0.1, 0.15) is 107 Å². The average molecular weight is 968 g/mol. The minimum absolute atomic E-state index is 0.0283. The highest BCUT2D eigenvalue weighted by molar-refractivity contribution is 5.97. The van der Waals surface area contributed by atoms with E-state index < -0.39 is 5.41 Å². The van der Waals surface area contributed by atoms with Crippen LogP contribution >= 0.6 is 0 Å².